The lowest BCUT2D eigenvalue weighted by atomic mass is 10.2. The Morgan fingerprint density at radius 1 is 1.41 bits per heavy atom. The summed E-state index contributed by atoms with van der Waals surface area (Å²) in [6.07, 6.45) is 3.35. The van der Waals surface area contributed by atoms with Gasteiger partial charge in [-0.2, -0.15) is 10.2 Å². The molecule has 0 N–H and O–H groups in total. The van der Waals surface area contributed by atoms with E-state index in [-0.39, 0.29) is 17.9 Å². The SMILES string of the molecule is N#CCn1c(=O)nc2n(Cc3cnc(Cl)s3)cccc-2c1=O. The maximum atomic E-state index is 12.3. The molecule has 0 unspecified atom stereocenters. The predicted octanol–water partition coefficient (Wildman–Crippen LogP) is 1.19. The third-order valence-corrected chi connectivity index (χ3v) is 4.13. The lowest BCUT2D eigenvalue weighted by molar-refractivity contribution is 0.695. The third kappa shape index (κ3) is 2.52. The number of fused-ring (bicyclic) bond motifs is 1. The molecule has 0 aromatic carbocycles. The summed E-state index contributed by atoms with van der Waals surface area (Å²) < 4.78 is 2.92. The van der Waals surface area contributed by atoms with E-state index in [4.69, 9.17) is 16.9 Å². The monoisotopic (exact) mass is 333 g/mol. The minimum atomic E-state index is -0.735. The molecule has 2 aliphatic rings. The number of hydrogen-bond acceptors (Lipinski definition) is 6. The summed E-state index contributed by atoms with van der Waals surface area (Å²) in [7, 11) is 0. The molecule has 0 radical (unpaired) electrons. The van der Waals surface area contributed by atoms with Crippen LogP contribution in [0.4, 0.5) is 0 Å². The first kappa shape index (κ1) is 14.4. The van der Waals surface area contributed by atoms with Crippen molar-refractivity contribution in [2.75, 3.05) is 0 Å². The summed E-state index contributed by atoms with van der Waals surface area (Å²) in [4.78, 5) is 32.9. The molecule has 0 aliphatic carbocycles. The van der Waals surface area contributed by atoms with Crippen LogP contribution in [0.3, 0.4) is 0 Å². The Hall–Kier alpha value is -2.50. The Morgan fingerprint density at radius 3 is 2.91 bits per heavy atom. The van der Waals surface area contributed by atoms with E-state index in [1.165, 1.54) is 11.3 Å². The first-order valence-corrected chi connectivity index (χ1v) is 7.37. The highest BCUT2D eigenvalue weighted by molar-refractivity contribution is 7.15. The van der Waals surface area contributed by atoms with E-state index in [9.17, 15) is 9.59 Å². The summed E-state index contributed by atoms with van der Waals surface area (Å²) in [6, 6.07) is 5.05. The van der Waals surface area contributed by atoms with E-state index < -0.39 is 11.2 Å². The van der Waals surface area contributed by atoms with Gasteiger partial charge in [-0.25, -0.2) is 14.3 Å². The van der Waals surface area contributed by atoms with Crippen molar-refractivity contribution in [1.29, 1.82) is 5.26 Å². The predicted molar refractivity (Wildman–Crippen MR) is 81.2 cm³/mol. The van der Waals surface area contributed by atoms with E-state index in [1.807, 2.05) is 0 Å². The van der Waals surface area contributed by atoms with Gasteiger partial charge < -0.3 is 4.57 Å². The molecule has 1 aromatic rings. The number of rotatable bonds is 3. The average Bonchev–Trinajstić information content (AvgIpc) is 2.90. The highest BCUT2D eigenvalue weighted by Gasteiger charge is 2.17. The van der Waals surface area contributed by atoms with Gasteiger partial charge in [-0.3, -0.25) is 4.79 Å². The van der Waals surface area contributed by atoms with Crippen molar-refractivity contribution >= 4 is 22.9 Å². The Kier molecular flexibility index (Phi) is 3.75. The van der Waals surface area contributed by atoms with E-state index in [0.29, 0.717) is 11.0 Å². The first-order valence-electron chi connectivity index (χ1n) is 6.17. The largest absolute Gasteiger partial charge is 0.353 e. The zero-order valence-electron chi connectivity index (χ0n) is 11.1. The summed E-state index contributed by atoms with van der Waals surface area (Å²) in [6.45, 7) is 0.0792. The van der Waals surface area contributed by atoms with Gasteiger partial charge >= 0.3 is 5.69 Å². The number of thiazole rings is 1. The van der Waals surface area contributed by atoms with Crippen LogP contribution in [-0.4, -0.2) is 19.1 Å². The van der Waals surface area contributed by atoms with Gasteiger partial charge in [0.2, 0.25) is 0 Å². The summed E-state index contributed by atoms with van der Waals surface area (Å²) >= 11 is 7.11. The summed E-state index contributed by atoms with van der Waals surface area (Å²) in [5.41, 5.74) is -0.970. The topological polar surface area (TPSA) is 93.6 Å². The van der Waals surface area contributed by atoms with E-state index in [2.05, 4.69) is 9.97 Å². The van der Waals surface area contributed by atoms with Crippen LogP contribution in [0.15, 0.2) is 34.1 Å². The number of aromatic nitrogens is 4. The number of hydrogen-bond donors (Lipinski definition) is 0. The quantitative estimate of drug-likeness (QED) is 0.717. The Balaban J connectivity index is 2.15. The smallest absolute Gasteiger partial charge is 0.327 e. The zero-order chi connectivity index (χ0) is 15.7. The molecule has 1 aromatic heterocycles. The maximum absolute atomic E-state index is 12.3. The van der Waals surface area contributed by atoms with Crippen LogP contribution in [-0.2, 0) is 13.1 Å². The molecule has 9 heteroatoms. The molecular weight excluding hydrogens is 326 g/mol. The van der Waals surface area contributed by atoms with Crippen molar-refractivity contribution in [1.82, 2.24) is 19.1 Å². The fourth-order valence-electron chi connectivity index (χ4n) is 2.08. The van der Waals surface area contributed by atoms with Crippen molar-refractivity contribution in [3.63, 3.8) is 0 Å². The van der Waals surface area contributed by atoms with E-state index >= 15 is 0 Å². The van der Waals surface area contributed by atoms with Crippen molar-refractivity contribution in [2.45, 2.75) is 13.1 Å². The molecule has 0 fully saturated rings. The number of nitriles is 1. The van der Waals surface area contributed by atoms with Gasteiger partial charge in [0.15, 0.2) is 10.3 Å². The molecule has 0 bridgehead atoms. The molecule has 7 nitrogen and oxygen atoms in total. The van der Waals surface area contributed by atoms with Crippen LogP contribution >= 0.6 is 22.9 Å². The third-order valence-electron chi connectivity index (χ3n) is 3.03. The van der Waals surface area contributed by atoms with Gasteiger partial charge in [-0.1, -0.05) is 11.6 Å². The van der Waals surface area contributed by atoms with Crippen molar-refractivity contribution < 1.29 is 0 Å². The Morgan fingerprint density at radius 2 is 2.23 bits per heavy atom. The number of halogens is 1. The number of pyridine rings is 1. The Labute approximate surface area is 133 Å². The standard InChI is InChI=1S/C13H8ClN5O2S/c14-12-16-6-8(22-12)7-18-4-1-2-9-10(18)17-13(21)19(5-3-15)11(9)20/h1-2,4,6H,5,7H2. The molecule has 0 amide bonds. The van der Waals surface area contributed by atoms with Gasteiger partial charge in [0.25, 0.3) is 5.56 Å². The molecule has 3 rings (SSSR count). The molecule has 22 heavy (non-hydrogen) atoms. The second kappa shape index (κ2) is 5.71. The van der Waals surface area contributed by atoms with Gasteiger partial charge in [-0.15, -0.1) is 11.3 Å². The van der Waals surface area contributed by atoms with Crippen LogP contribution in [0.25, 0.3) is 11.4 Å². The average molecular weight is 334 g/mol. The number of nitrogens with zero attached hydrogens (tertiary/aromatic N) is 5. The lowest BCUT2D eigenvalue weighted by Gasteiger charge is -2.13. The van der Waals surface area contributed by atoms with Crippen molar-refractivity contribution in [3.05, 3.63) is 54.7 Å². The lowest BCUT2D eigenvalue weighted by Crippen LogP contribution is -2.37. The minimum Gasteiger partial charge on any atom is -0.327 e. The van der Waals surface area contributed by atoms with Crippen LogP contribution in [0.5, 0.6) is 0 Å². The molecule has 0 spiro atoms. The highest BCUT2D eigenvalue weighted by atomic mass is 35.5. The van der Waals surface area contributed by atoms with E-state index in [1.54, 1.807) is 35.2 Å². The normalized spacial score (nSPS) is 10.7. The fraction of sp³-hybridized carbons (Fsp3) is 0.154. The molecule has 2 aliphatic heterocycles. The van der Waals surface area contributed by atoms with Gasteiger partial charge in [0.05, 0.1) is 18.2 Å². The van der Waals surface area contributed by atoms with Crippen molar-refractivity contribution in [3.8, 4) is 17.5 Å². The van der Waals surface area contributed by atoms with E-state index in [0.717, 1.165) is 9.44 Å². The second-order valence-corrected chi connectivity index (χ2v) is 6.09. The molecule has 0 atom stereocenters. The van der Waals surface area contributed by atoms with Crippen LogP contribution in [0, 0.1) is 11.3 Å². The van der Waals surface area contributed by atoms with Gasteiger partial charge in [-0.05, 0) is 12.1 Å². The Bertz CT molecular complexity index is 968. The minimum absolute atomic E-state index is 0.274. The van der Waals surface area contributed by atoms with Crippen molar-refractivity contribution in [2.24, 2.45) is 0 Å². The maximum Gasteiger partial charge on any atom is 0.353 e. The summed E-state index contributed by atoms with van der Waals surface area (Å²) in [5.74, 6) is 0.274. The van der Waals surface area contributed by atoms with Gasteiger partial charge in [0, 0.05) is 17.3 Å². The zero-order valence-corrected chi connectivity index (χ0v) is 12.6. The fourth-order valence-corrected chi connectivity index (χ4v) is 3.06. The molecule has 0 saturated carbocycles. The summed E-state index contributed by atoms with van der Waals surface area (Å²) in [5, 5.41) is 8.69. The second-order valence-electron chi connectivity index (χ2n) is 4.40. The molecule has 110 valence electrons. The van der Waals surface area contributed by atoms with Gasteiger partial charge in [0.1, 0.15) is 6.54 Å². The van der Waals surface area contributed by atoms with Crippen LogP contribution in [0.2, 0.25) is 4.47 Å². The molecule has 0 saturated heterocycles. The molecule has 3 heterocycles. The van der Waals surface area contributed by atoms with Crippen LogP contribution in [0.1, 0.15) is 4.88 Å². The highest BCUT2D eigenvalue weighted by Crippen LogP contribution is 2.21. The molecular formula is C13H8ClN5O2S. The van der Waals surface area contributed by atoms with Crippen LogP contribution < -0.4 is 11.2 Å². The first-order chi connectivity index (χ1) is 10.6.